The molecule has 14 heteroatoms. The Morgan fingerprint density at radius 3 is 1.55 bits per heavy atom. The highest BCUT2D eigenvalue weighted by Gasteiger charge is 2.30. The molecule has 2 aromatic heterocycles. The first-order valence-electron chi connectivity index (χ1n) is 11.5. The topological polar surface area (TPSA) is 119 Å². The van der Waals surface area contributed by atoms with Gasteiger partial charge in [0.15, 0.2) is 23.0 Å². The summed E-state index contributed by atoms with van der Waals surface area (Å²) in [6.07, 6.45) is 0. The molecule has 0 saturated heterocycles. The van der Waals surface area contributed by atoms with Crippen LogP contribution in [0.5, 0.6) is 23.0 Å². The maximum atomic E-state index is 12.4. The maximum Gasteiger partial charge on any atom is 0.326 e. The predicted molar refractivity (Wildman–Crippen MR) is 160 cm³/mol. The zero-order valence-electron chi connectivity index (χ0n) is 19.5. The van der Waals surface area contributed by atoms with Crippen LogP contribution in [0.4, 0.5) is 11.4 Å². The van der Waals surface area contributed by atoms with Gasteiger partial charge in [-0.05, 0) is 59.0 Å². The molecule has 192 valence electrons. The highest BCUT2D eigenvalue weighted by Crippen LogP contribution is 2.47. The van der Waals surface area contributed by atoms with E-state index in [2.05, 4.69) is 55.1 Å². The Morgan fingerprint density at radius 1 is 0.789 bits per heavy atom. The van der Waals surface area contributed by atoms with E-state index < -0.39 is 0 Å². The van der Waals surface area contributed by atoms with Crippen LogP contribution >= 0.6 is 68.4 Å². The molecule has 2 aliphatic rings. The van der Waals surface area contributed by atoms with Crippen LogP contribution < -0.4 is 31.6 Å². The zero-order chi connectivity index (χ0) is 26.6. The van der Waals surface area contributed by atoms with Crippen molar-refractivity contribution in [2.75, 3.05) is 0 Å². The van der Waals surface area contributed by atoms with Crippen LogP contribution in [-0.2, 0) is 13.1 Å². The number of halogens is 4. The lowest BCUT2D eigenvalue weighted by atomic mass is 10.2. The number of imidazole rings is 2. The number of hydrogen-bond donors (Lipinski definition) is 2. The molecule has 0 radical (unpaired) electrons. The van der Waals surface area contributed by atoms with Crippen molar-refractivity contribution in [1.29, 1.82) is 0 Å². The lowest BCUT2D eigenvalue weighted by molar-refractivity contribution is 0.451. The molecule has 0 atom stereocenters. The van der Waals surface area contributed by atoms with E-state index in [1.54, 1.807) is 21.3 Å². The summed E-state index contributed by atoms with van der Waals surface area (Å²) in [5, 5.41) is 0.983. The molecule has 0 fully saturated rings. The molecule has 38 heavy (non-hydrogen) atoms. The van der Waals surface area contributed by atoms with Crippen molar-refractivity contribution >= 4 is 102 Å². The molecule has 0 saturated carbocycles. The van der Waals surface area contributed by atoms with Gasteiger partial charge in [0.1, 0.15) is 32.1 Å². The summed E-state index contributed by atoms with van der Waals surface area (Å²) in [7, 11) is 0. The van der Waals surface area contributed by atoms with Gasteiger partial charge in [0.2, 0.25) is 0 Å². The molecular weight excluding hydrogens is 761 g/mol. The predicted octanol–water partition coefficient (Wildman–Crippen LogP) is 5.64. The first-order valence-corrected chi connectivity index (χ1v) is 14.4. The van der Waals surface area contributed by atoms with E-state index in [0.29, 0.717) is 75.9 Å². The van der Waals surface area contributed by atoms with E-state index in [0.717, 1.165) is 0 Å². The van der Waals surface area contributed by atoms with E-state index in [9.17, 15) is 9.59 Å². The van der Waals surface area contributed by atoms with Gasteiger partial charge in [-0.15, -0.1) is 0 Å². The number of aromatic nitrogens is 4. The lowest BCUT2D eigenvalue weighted by Gasteiger charge is -2.22. The summed E-state index contributed by atoms with van der Waals surface area (Å²) in [5.74, 6) is 1.38. The Labute approximate surface area is 249 Å². The lowest BCUT2D eigenvalue weighted by Crippen LogP contribution is -2.22. The molecule has 2 aliphatic heterocycles. The number of rotatable bonds is 2. The Balaban J connectivity index is 1.51. The first kappa shape index (κ1) is 24.5. The van der Waals surface area contributed by atoms with E-state index in [4.69, 9.17) is 42.7 Å². The Bertz CT molecular complexity index is 2010. The number of H-pyrrole nitrogens is 2. The second kappa shape index (κ2) is 8.47. The largest absolute Gasteiger partial charge is 0.451 e. The quantitative estimate of drug-likeness (QED) is 0.221. The molecule has 4 heterocycles. The van der Waals surface area contributed by atoms with Crippen LogP contribution in [-0.4, -0.2) is 19.1 Å². The minimum atomic E-state index is -0.212. The van der Waals surface area contributed by atoms with Gasteiger partial charge in [0.05, 0.1) is 29.2 Å². The van der Waals surface area contributed by atoms with E-state index in [1.807, 2.05) is 13.8 Å². The average molecular weight is 775 g/mol. The molecule has 0 bridgehead atoms. The second-order valence-corrected chi connectivity index (χ2v) is 11.5. The number of aromatic amines is 2. The fourth-order valence-electron chi connectivity index (χ4n) is 4.88. The van der Waals surface area contributed by atoms with E-state index in [-0.39, 0.29) is 32.9 Å². The number of aryl methyl sites for hydroxylation is 2. The summed E-state index contributed by atoms with van der Waals surface area (Å²) in [6, 6.07) is 3.53. The Morgan fingerprint density at radius 2 is 1.18 bits per heavy atom. The van der Waals surface area contributed by atoms with Crippen LogP contribution in [0.1, 0.15) is 13.8 Å². The van der Waals surface area contributed by atoms with Crippen molar-refractivity contribution in [3.8, 4) is 23.0 Å². The molecule has 0 spiro atoms. The number of nitrogens with zero attached hydrogens (tertiary/aromatic N) is 4. The minimum Gasteiger partial charge on any atom is -0.451 e. The normalized spacial score (nSPS) is 13.2. The van der Waals surface area contributed by atoms with Gasteiger partial charge < -0.3 is 19.4 Å². The molecular formula is C24H14Cl2I2N6O4. The van der Waals surface area contributed by atoms with Crippen molar-refractivity contribution in [2.24, 2.45) is 9.98 Å². The summed E-state index contributed by atoms with van der Waals surface area (Å²) < 4.78 is 17.2. The SMILES string of the molecule is CCn1c(=O)[nH]c2c(I)c3c(cc21)Oc1c(Cl)c2c(c(Cl)c1=N3)Oc1cc3c([nH]c(=O)n3CC)c(I)c1N=2. The average Bonchev–Trinajstić information content (AvgIpc) is 3.41. The van der Waals surface area contributed by atoms with Gasteiger partial charge in [0.25, 0.3) is 0 Å². The molecule has 0 amide bonds. The van der Waals surface area contributed by atoms with Gasteiger partial charge in [-0.25, -0.2) is 19.6 Å². The van der Waals surface area contributed by atoms with Crippen molar-refractivity contribution < 1.29 is 9.47 Å². The number of hydrogen-bond acceptors (Lipinski definition) is 6. The third-order valence-electron chi connectivity index (χ3n) is 6.65. The molecule has 2 N–H and O–H groups in total. The second-order valence-electron chi connectivity index (χ2n) is 8.62. The third kappa shape index (κ3) is 3.17. The van der Waals surface area contributed by atoms with Crippen molar-refractivity contribution in [2.45, 2.75) is 26.9 Å². The van der Waals surface area contributed by atoms with Gasteiger partial charge >= 0.3 is 11.4 Å². The number of nitrogens with one attached hydrogen (secondary N) is 2. The van der Waals surface area contributed by atoms with Crippen molar-refractivity contribution in [1.82, 2.24) is 19.1 Å². The van der Waals surface area contributed by atoms with Gasteiger partial charge in [-0.3, -0.25) is 9.13 Å². The first-order chi connectivity index (χ1) is 18.2. The third-order valence-corrected chi connectivity index (χ3v) is 9.46. The van der Waals surface area contributed by atoms with Crippen molar-refractivity contribution in [3.63, 3.8) is 0 Å². The van der Waals surface area contributed by atoms with Crippen LogP contribution in [0.3, 0.4) is 0 Å². The highest BCUT2D eigenvalue weighted by atomic mass is 127. The van der Waals surface area contributed by atoms with Crippen molar-refractivity contribution in [3.05, 3.63) is 61.0 Å². The van der Waals surface area contributed by atoms with E-state index >= 15 is 0 Å². The van der Waals surface area contributed by atoms with Gasteiger partial charge in [-0.2, -0.15) is 0 Å². The van der Waals surface area contributed by atoms with E-state index in [1.165, 1.54) is 0 Å². The molecule has 5 aromatic rings. The van der Waals surface area contributed by atoms with Gasteiger partial charge in [-0.1, -0.05) is 23.2 Å². The number of fused-ring (bicyclic) bond motifs is 6. The summed E-state index contributed by atoms with van der Waals surface area (Å²) in [4.78, 5) is 40.3. The monoisotopic (exact) mass is 774 g/mol. The smallest absolute Gasteiger partial charge is 0.326 e. The molecule has 0 unspecified atom stereocenters. The minimum absolute atomic E-state index is 0.187. The zero-order valence-corrected chi connectivity index (χ0v) is 25.3. The van der Waals surface area contributed by atoms with Crippen LogP contribution in [0, 0.1) is 7.14 Å². The Hall–Kier alpha value is -2.56. The van der Waals surface area contributed by atoms with Gasteiger partial charge in [0, 0.05) is 25.2 Å². The maximum absolute atomic E-state index is 12.4. The van der Waals surface area contributed by atoms with Crippen LogP contribution in [0.15, 0.2) is 31.7 Å². The summed E-state index contributed by atoms with van der Waals surface area (Å²) in [5.41, 5.74) is 3.36. The highest BCUT2D eigenvalue weighted by molar-refractivity contribution is 14.1. The standard InChI is InChI=1S/C24H14Cl2I2N6O4/c1-3-33-7-5-9-17(13(27)15(7)31-23(33)35)29-19-12(26)22-20(11(25)21(19)37-9)30-18-10(38-22)6-8-16(14(18)28)32-24(36)34(8)4-2/h5-6H,3-4H2,1-2H3,(H,31,35)(H,32,36). The fourth-order valence-corrected chi connectivity index (χ4v) is 6.99. The summed E-state index contributed by atoms with van der Waals surface area (Å²) in [6.45, 7) is 4.78. The molecule has 0 aliphatic carbocycles. The fraction of sp³-hybridized carbons (Fsp3) is 0.167. The molecule has 3 aromatic carbocycles. The number of ether oxygens (including phenoxy) is 2. The number of benzene rings is 3. The molecule has 7 rings (SSSR count). The Kier molecular flexibility index (Phi) is 5.45. The van der Waals surface area contributed by atoms with Crippen LogP contribution in [0.25, 0.3) is 22.1 Å². The summed E-state index contributed by atoms with van der Waals surface area (Å²) >= 11 is 18.0. The molecule has 10 nitrogen and oxygen atoms in total. The van der Waals surface area contributed by atoms with Crippen LogP contribution in [0.2, 0.25) is 10.0 Å².